The van der Waals surface area contributed by atoms with Gasteiger partial charge in [-0.2, -0.15) is 0 Å². The molecule has 0 aliphatic carbocycles. The molecule has 6 heteroatoms. The number of aromatic nitrogens is 4. The summed E-state index contributed by atoms with van der Waals surface area (Å²) in [6.07, 6.45) is 4.73. The topological polar surface area (TPSA) is 67.1 Å². The maximum absolute atomic E-state index is 9.31. The molecule has 6 nitrogen and oxygen atoms in total. The first-order valence-electron chi connectivity index (χ1n) is 6.50. The highest BCUT2D eigenvalue weighted by atomic mass is 16.3. The number of pyridine rings is 1. The van der Waals surface area contributed by atoms with Gasteiger partial charge in [-0.1, -0.05) is 11.3 Å². The minimum atomic E-state index is -0.0456. The molecule has 100 valence electrons. The summed E-state index contributed by atoms with van der Waals surface area (Å²) in [6, 6.07) is 4.04. The normalized spacial score (nSPS) is 16.1. The molecule has 3 heterocycles. The van der Waals surface area contributed by atoms with E-state index in [0.29, 0.717) is 5.69 Å². The largest absolute Gasteiger partial charge is 0.390 e. The van der Waals surface area contributed by atoms with Gasteiger partial charge in [-0.3, -0.25) is 9.88 Å². The monoisotopic (exact) mass is 259 g/mol. The zero-order chi connectivity index (χ0) is 13.1. The van der Waals surface area contributed by atoms with Crippen molar-refractivity contribution < 1.29 is 5.11 Å². The summed E-state index contributed by atoms with van der Waals surface area (Å²) in [5.41, 5.74) is 2.93. The maximum atomic E-state index is 9.31. The van der Waals surface area contributed by atoms with E-state index in [-0.39, 0.29) is 6.61 Å². The molecule has 2 aromatic heterocycles. The number of aryl methyl sites for hydroxylation is 1. The zero-order valence-corrected chi connectivity index (χ0v) is 10.7. The molecule has 0 aromatic carbocycles. The van der Waals surface area contributed by atoms with Crippen molar-refractivity contribution in [2.75, 3.05) is 6.54 Å². The van der Waals surface area contributed by atoms with Gasteiger partial charge in [0, 0.05) is 38.6 Å². The Bertz CT molecular complexity index is 539. The minimum absolute atomic E-state index is 0.0456. The fourth-order valence-electron chi connectivity index (χ4n) is 2.46. The summed E-state index contributed by atoms with van der Waals surface area (Å²) in [4.78, 5) is 6.49. The molecule has 0 spiro atoms. The highest BCUT2D eigenvalue weighted by Gasteiger charge is 2.19. The van der Waals surface area contributed by atoms with Gasteiger partial charge in [0.2, 0.25) is 0 Å². The second-order valence-corrected chi connectivity index (χ2v) is 4.79. The molecular formula is C13H17N5O. The van der Waals surface area contributed by atoms with Crippen molar-refractivity contribution in [3.8, 4) is 0 Å². The van der Waals surface area contributed by atoms with Gasteiger partial charge in [0.1, 0.15) is 5.69 Å². The Morgan fingerprint density at radius 3 is 3.05 bits per heavy atom. The Morgan fingerprint density at radius 1 is 1.32 bits per heavy atom. The number of nitrogens with zero attached hydrogens (tertiary/aromatic N) is 5. The van der Waals surface area contributed by atoms with Gasteiger partial charge in [0.25, 0.3) is 0 Å². The van der Waals surface area contributed by atoms with Crippen LogP contribution in [0.1, 0.15) is 23.4 Å². The summed E-state index contributed by atoms with van der Waals surface area (Å²) in [5.74, 6) is 0. The van der Waals surface area contributed by atoms with Gasteiger partial charge >= 0.3 is 0 Å². The van der Waals surface area contributed by atoms with Crippen LogP contribution in [0.15, 0.2) is 24.5 Å². The third-order valence-electron chi connectivity index (χ3n) is 3.41. The van der Waals surface area contributed by atoms with Crippen LogP contribution >= 0.6 is 0 Å². The smallest absolute Gasteiger partial charge is 0.113 e. The highest BCUT2D eigenvalue weighted by molar-refractivity contribution is 5.12. The molecule has 1 N–H and O–H groups in total. The first-order chi connectivity index (χ1) is 9.36. The van der Waals surface area contributed by atoms with Gasteiger partial charge in [-0.15, -0.1) is 5.10 Å². The van der Waals surface area contributed by atoms with Gasteiger partial charge in [-0.25, -0.2) is 4.68 Å². The number of rotatable bonds is 3. The molecule has 0 fully saturated rings. The van der Waals surface area contributed by atoms with E-state index in [0.717, 1.165) is 38.3 Å². The van der Waals surface area contributed by atoms with Crippen molar-refractivity contribution in [1.82, 2.24) is 24.9 Å². The average molecular weight is 259 g/mol. The van der Waals surface area contributed by atoms with Gasteiger partial charge in [0.05, 0.1) is 12.3 Å². The molecule has 0 atom stereocenters. The standard InChI is InChI=1S/C13H17N5O/c19-10-12-13-9-17(5-2-6-18(13)16-15-12)8-11-3-1-4-14-7-11/h1,3-4,7,19H,2,5-6,8-10H2. The number of aliphatic hydroxyl groups is 1. The summed E-state index contributed by atoms with van der Waals surface area (Å²) in [5, 5.41) is 17.4. The van der Waals surface area contributed by atoms with E-state index < -0.39 is 0 Å². The molecule has 0 saturated carbocycles. The number of hydrogen-bond acceptors (Lipinski definition) is 5. The van der Waals surface area contributed by atoms with E-state index >= 15 is 0 Å². The second-order valence-electron chi connectivity index (χ2n) is 4.79. The number of hydrogen-bond donors (Lipinski definition) is 1. The van der Waals surface area contributed by atoms with E-state index in [1.165, 1.54) is 5.56 Å². The van der Waals surface area contributed by atoms with Crippen LogP contribution in [0, 0.1) is 0 Å². The van der Waals surface area contributed by atoms with Crippen molar-refractivity contribution in [3.05, 3.63) is 41.5 Å². The second kappa shape index (κ2) is 5.46. The molecule has 1 aliphatic heterocycles. The SMILES string of the molecule is OCc1nnn2c1CN(Cc1cccnc1)CCC2. The summed E-state index contributed by atoms with van der Waals surface area (Å²) in [6.45, 7) is 3.48. The lowest BCUT2D eigenvalue weighted by Gasteiger charge is -2.19. The van der Waals surface area contributed by atoms with Crippen LogP contribution in [0.4, 0.5) is 0 Å². The van der Waals surface area contributed by atoms with Gasteiger partial charge < -0.3 is 5.11 Å². The molecule has 1 aliphatic rings. The molecule has 2 aromatic rings. The zero-order valence-electron chi connectivity index (χ0n) is 10.7. The van der Waals surface area contributed by atoms with Crippen LogP contribution in [-0.2, 0) is 26.2 Å². The van der Waals surface area contributed by atoms with Crippen LogP contribution in [0.2, 0.25) is 0 Å². The molecule has 0 unspecified atom stereocenters. The fraction of sp³-hybridized carbons (Fsp3) is 0.462. The van der Waals surface area contributed by atoms with E-state index in [1.54, 1.807) is 6.20 Å². The quantitative estimate of drug-likeness (QED) is 0.873. The van der Waals surface area contributed by atoms with Crippen LogP contribution in [0.5, 0.6) is 0 Å². The average Bonchev–Trinajstić information content (AvgIpc) is 2.71. The van der Waals surface area contributed by atoms with E-state index in [1.807, 2.05) is 16.9 Å². The minimum Gasteiger partial charge on any atom is -0.390 e. The molecule has 0 saturated heterocycles. The Hall–Kier alpha value is -1.79. The van der Waals surface area contributed by atoms with Gasteiger partial charge in [-0.05, 0) is 18.1 Å². The molecule has 0 bridgehead atoms. The Morgan fingerprint density at radius 2 is 2.26 bits per heavy atom. The van der Waals surface area contributed by atoms with Crippen molar-refractivity contribution >= 4 is 0 Å². The lowest BCUT2D eigenvalue weighted by Crippen LogP contribution is -2.23. The number of fused-ring (bicyclic) bond motifs is 1. The van der Waals surface area contributed by atoms with Crippen LogP contribution in [-0.4, -0.2) is 36.5 Å². The number of aliphatic hydroxyl groups excluding tert-OH is 1. The Balaban J connectivity index is 1.78. The summed E-state index contributed by atoms with van der Waals surface area (Å²) in [7, 11) is 0. The van der Waals surface area contributed by atoms with Crippen LogP contribution in [0.25, 0.3) is 0 Å². The van der Waals surface area contributed by atoms with Gasteiger partial charge in [0.15, 0.2) is 0 Å². The molecule has 3 rings (SSSR count). The Kier molecular flexibility index (Phi) is 3.52. The molecule has 19 heavy (non-hydrogen) atoms. The van der Waals surface area contributed by atoms with E-state index in [2.05, 4.69) is 26.3 Å². The van der Waals surface area contributed by atoms with E-state index in [9.17, 15) is 5.11 Å². The van der Waals surface area contributed by atoms with Crippen LogP contribution in [0.3, 0.4) is 0 Å². The predicted octanol–water partition coefficient (Wildman–Crippen LogP) is 0.571. The fourth-order valence-corrected chi connectivity index (χ4v) is 2.46. The first kappa shape index (κ1) is 12.3. The van der Waals surface area contributed by atoms with Crippen LogP contribution < -0.4 is 0 Å². The lowest BCUT2D eigenvalue weighted by molar-refractivity contribution is 0.250. The maximum Gasteiger partial charge on any atom is 0.113 e. The predicted molar refractivity (Wildman–Crippen MR) is 68.9 cm³/mol. The van der Waals surface area contributed by atoms with Crippen molar-refractivity contribution in [3.63, 3.8) is 0 Å². The lowest BCUT2D eigenvalue weighted by atomic mass is 10.2. The third kappa shape index (κ3) is 2.64. The third-order valence-corrected chi connectivity index (χ3v) is 3.41. The van der Waals surface area contributed by atoms with Crippen molar-refractivity contribution in [2.45, 2.75) is 32.7 Å². The summed E-state index contributed by atoms with van der Waals surface area (Å²) >= 11 is 0. The molecular weight excluding hydrogens is 242 g/mol. The van der Waals surface area contributed by atoms with Crippen molar-refractivity contribution in [1.29, 1.82) is 0 Å². The Labute approximate surface area is 111 Å². The van der Waals surface area contributed by atoms with E-state index in [4.69, 9.17) is 0 Å². The summed E-state index contributed by atoms with van der Waals surface area (Å²) < 4.78 is 1.91. The van der Waals surface area contributed by atoms with Crippen molar-refractivity contribution in [2.24, 2.45) is 0 Å². The molecule has 0 amide bonds. The molecule has 0 radical (unpaired) electrons. The first-order valence-corrected chi connectivity index (χ1v) is 6.50. The highest BCUT2D eigenvalue weighted by Crippen LogP contribution is 2.16.